The first-order chi connectivity index (χ1) is 9.83. The average molecular weight is 260 g/mol. The molecule has 0 saturated heterocycles. The van der Waals surface area contributed by atoms with E-state index in [-0.39, 0.29) is 0 Å². The third-order valence-electron chi connectivity index (χ3n) is 3.72. The van der Waals surface area contributed by atoms with E-state index < -0.39 is 0 Å². The van der Waals surface area contributed by atoms with Gasteiger partial charge in [-0.2, -0.15) is 4.57 Å². The van der Waals surface area contributed by atoms with Crippen molar-refractivity contribution in [2.24, 2.45) is 0 Å². The van der Waals surface area contributed by atoms with Crippen LogP contribution in [0.25, 0.3) is 28.1 Å². The van der Waals surface area contributed by atoms with Gasteiger partial charge in [0, 0.05) is 17.7 Å². The maximum Gasteiger partial charge on any atom is 0.213 e. The molecule has 0 aliphatic rings. The minimum absolute atomic E-state index is 0.982. The number of hydrogen-bond donors (Lipinski definition) is 0. The first-order valence-corrected chi connectivity index (χ1v) is 6.97. The number of para-hydroxylation sites is 1. The fourth-order valence-corrected chi connectivity index (χ4v) is 2.61. The highest BCUT2D eigenvalue weighted by molar-refractivity contribution is 5.92. The van der Waals surface area contributed by atoms with Gasteiger partial charge in [-0.1, -0.05) is 49.1 Å². The van der Waals surface area contributed by atoms with E-state index in [0.29, 0.717) is 0 Å². The lowest BCUT2D eigenvalue weighted by atomic mass is 10.00. The molecule has 98 valence electrons. The summed E-state index contributed by atoms with van der Waals surface area (Å²) in [5, 5.41) is 1.29. The number of rotatable bonds is 3. The lowest BCUT2D eigenvalue weighted by Gasteiger charge is -2.07. The van der Waals surface area contributed by atoms with Crippen molar-refractivity contribution in [3.8, 4) is 11.1 Å². The molecular weight excluding hydrogens is 242 g/mol. The summed E-state index contributed by atoms with van der Waals surface area (Å²) in [7, 11) is 0. The van der Waals surface area contributed by atoms with Gasteiger partial charge in [-0.05, 0) is 24.1 Å². The van der Waals surface area contributed by atoms with Gasteiger partial charge in [0.2, 0.25) is 5.52 Å². The Hall–Kier alpha value is -2.41. The van der Waals surface area contributed by atoms with Crippen molar-refractivity contribution in [2.45, 2.75) is 13.5 Å². The summed E-state index contributed by atoms with van der Waals surface area (Å²) in [6.45, 7) is 6.96. The van der Waals surface area contributed by atoms with Crippen LogP contribution in [0.2, 0.25) is 0 Å². The van der Waals surface area contributed by atoms with Crippen molar-refractivity contribution in [3.63, 3.8) is 0 Å². The van der Waals surface area contributed by atoms with E-state index in [4.69, 9.17) is 0 Å². The predicted octanol–water partition coefficient (Wildman–Crippen LogP) is 4.46. The van der Waals surface area contributed by atoms with Gasteiger partial charge in [-0.3, -0.25) is 0 Å². The van der Waals surface area contributed by atoms with E-state index >= 15 is 0 Å². The van der Waals surface area contributed by atoms with E-state index in [2.05, 4.69) is 78.9 Å². The zero-order valence-electron chi connectivity index (χ0n) is 11.7. The molecule has 0 saturated carbocycles. The second kappa shape index (κ2) is 5.30. The largest absolute Gasteiger partial charge is 0.213 e. The van der Waals surface area contributed by atoms with Crippen molar-refractivity contribution in [2.75, 3.05) is 0 Å². The summed E-state index contributed by atoms with van der Waals surface area (Å²) in [6, 6.07) is 19.3. The first kappa shape index (κ1) is 12.6. The van der Waals surface area contributed by atoms with E-state index in [1.54, 1.807) is 0 Å². The van der Waals surface area contributed by atoms with Gasteiger partial charge < -0.3 is 0 Å². The highest BCUT2D eigenvalue weighted by atomic mass is 14.9. The molecule has 0 amide bonds. The summed E-state index contributed by atoms with van der Waals surface area (Å²) in [5.41, 5.74) is 4.95. The third kappa shape index (κ3) is 2.12. The molecule has 20 heavy (non-hydrogen) atoms. The molecule has 0 atom stereocenters. The van der Waals surface area contributed by atoms with Crippen molar-refractivity contribution in [1.29, 1.82) is 0 Å². The van der Waals surface area contributed by atoms with Crippen molar-refractivity contribution < 1.29 is 4.57 Å². The van der Waals surface area contributed by atoms with Crippen LogP contribution in [0.1, 0.15) is 12.5 Å². The topological polar surface area (TPSA) is 3.88 Å². The van der Waals surface area contributed by atoms with Gasteiger partial charge in [0.25, 0.3) is 0 Å². The number of pyridine rings is 1. The molecular formula is C19H18N+. The van der Waals surface area contributed by atoms with Gasteiger partial charge in [0.15, 0.2) is 6.20 Å². The van der Waals surface area contributed by atoms with Crippen LogP contribution in [0, 0.1) is 0 Å². The van der Waals surface area contributed by atoms with Crippen LogP contribution < -0.4 is 4.57 Å². The summed E-state index contributed by atoms with van der Waals surface area (Å²) < 4.78 is 2.27. The number of aryl methyl sites for hydroxylation is 1. The van der Waals surface area contributed by atoms with Gasteiger partial charge in [-0.25, -0.2) is 0 Å². The number of hydrogen-bond acceptors (Lipinski definition) is 0. The Morgan fingerprint density at radius 3 is 2.45 bits per heavy atom. The van der Waals surface area contributed by atoms with Crippen LogP contribution in [0.15, 0.2) is 67.4 Å². The standard InChI is InChI=1S/C19H18N/c1-3-15-9-11-16(12-10-15)17-13-14-20(4-2)19-8-6-5-7-18(17)19/h3,5-14H,1,4H2,2H3/q+1. The first-order valence-electron chi connectivity index (χ1n) is 6.97. The minimum atomic E-state index is 0.982. The molecule has 3 aromatic rings. The fraction of sp³-hybridized carbons (Fsp3) is 0.105. The Morgan fingerprint density at radius 2 is 1.75 bits per heavy atom. The molecule has 0 N–H and O–H groups in total. The molecule has 0 spiro atoms. The zero-order chi connectivity index (χ0) is 13.9. The summed E-state index contributed by atoms with van der Waals surface area (Å²) in [6.07, 6.45) is 4.04. The highest BCUT2D eigenvalue weighted by Crippen LogP contribution is 2.27. The van der Waals surface area contributed by atoms with E-state index in [1.807, 2.05) is 6.08 Å². The molecule has 0 unspecified atom stereocenters. The second-order valence-corrected chi connectivity index (χ2v) is 4.86. The van der Waals surface area contributed by atoms with Crippen molar-refractivity contribution in [3.05, 3.63) is 72.9 Å². The molecule has 3 rings (SSSR count). The highest BCUT2D eigenvalue weighted by Gasteiger charge is 2.11. The monoisotopic (exact) mass is 260 g/mol. The summed E-state index contributed by atoms with van der Waals surface area (Å²) in [4.78, 5) is 0. The molecule has 0 radical (unpaired) electrons. The minimum Gasteiger partial charge on any atom is -0.199 e. The molecule has 0 aliphatic heterocycles. The Balaban J connectivity index is 2.23. The molecule has 1 heteroatoms. The second-order valence-electron chi connectivity index (χ2n) is 4.86. The fourth-order valence-electron chi connectivity index (χ4n) is 2.61. The number of fused-ring (bicyclic) bond motifs is 1. The Kier molecular flexibility index (Phi) is 3.34. The van der Waals surface area contributed by atoms with Crippen LogP contribution in [0.4, 0.5) is 0 Å². The van der Waals surface area contributed by atoms with Crippen molar-refractivity contribution in [1.82, 2.24) is 0 Å². The Bertz CT molecular complexity index is 754. The third-order valence-corrected chi connectivity index (χ3v) is 3.72. The molecule has 1 nitrogen and oxygen atoms in total. The maximum absolute atomic E-state index is 3.80. The molecule has 0 bridgehead atoms. The Morgan fingerprint density at radius 1 is 1.00 bits per heavy atom. The lowest BCUT2D eigenvalue weighted by molar-refractivity contribution is -0.667. The van der Waals surface area contributed by atoms with Crippen LogP contribution in [-0.2, 0) is 6.54 Å². The molecule has 1 heterocycles. The maximum atomic E-state index is 3.80. The average Bonchev–Trinajstić information content (AvgIpc) is 2.54. The molecule has 1 aromatic heterocycles. The van der Waals surface area contributed by atoms with Gasteiger partial charge >= 0.3 is 0 Å². The van der Waals surface area contributed by atoms with Crippen LogP contribution in [0.3, 0.4) is 0 Å². The summed E-state index contributed by atoms with van der Waals surface area (Å²) >= 11 is 0. The zero-order valence-corrected chi connectivity index (χ0v) is 11.7. The van der Waals surface area contributed by atoms with Crippen LogP contribution in [0.5, 0.6) is 0 Å². The normalized spacial score (nSPS) is 10.7. The molecule has 0 fully saturated rings. The SMILES string of the molecule is C=Cc1ccc(-c2cc[n+](CC)c3ccccc23)cc1. The smallest absolute Gasteiger partial charge is 0.199 e. The number of nitrogens with zero attached hydrogens (tertiary/aromatic N) is 1. The van der Waals surface area contributed by atoms with E-state index in [1.165, 1.54) is 22.0 Å². The van der Waals surface area contributed by atoms with E-state index in [0.717, 1.165) is 12.1 Å². The molecule has 2 aromatic carbocycles. The quantitative estimate of drug-likeness (QED) is 0.612. The predicted molar refractivity (Wildman–Crippen MR) is 85.3 cm³/mol. The van der Waals surface area contributed by atoms with Gasteiger partial charge in [0.1, 0.15) is 6.54 Å². The van der Waals surface area contributed by atoms with Crippen molar-refractivity contribution >= 4 is 17.0 Å². The van der Waals surface area contributed by atoms with Crippen LogP contribution in [-0.4, -0.2) is 0 Å². The van der Waals surface area contributed by atoms with Gasteiger partial charge in [0.05, 0.1) is 5.39 Å². The molecule has 0 aliphatic carbocycles. The number of aromatic nitrogens is 1. The summed E-state index contributed by atoms with van der Waals surface area (Å²) in [5.74, 6) is 0. The lowest BCUT2D eigenvalue weighted by Crippen LogP contribution is -2.32. The Labute approximate surface area is 119 Å². The van der Waals surface area contributed by atoms with Gasteiger partial charge in [-0.15, -0.1) is 0 Å². The van der Waals surface area contributed by atoms with E-state index in [9.17, 15) is 0 Å². The van der Waals surface area contributed by atoms with Crippen LogP contribution >= 0.6 is 0 Å². The number of benzene rings is 2.